The maximum absolute atomic E-state index is 9.72. The number of aromatic hydroxyl groups is 1. The lowest BCUT2D eigenvalue weighted by atomic mass is 10.1. The van der Waals surface area contributed by atoms with Crippen LogP contribution in [0.15, 0.2) is 42.5 Å². The molecule has 0 fully saturated rings. The zero-order chi connectivity index (χ0) is 13.8. The van der Waals surface area contributed by atoms with Gasteiger partial charge in [-0.05, 0) is 43.2 Å². The van der Waals surface area contributed by atoms with Gasteiger partial charge in [-0.2, -0.15) is 0 Å². The van der Waals surface area contributed by atoms with E-state index in [4.69, 9.17) is 4.74 Å². The molecule has 0 heterocycles. The smallest absolute Gasteiger partial charge is 0.125 e. The Kier molecular flexibility index (Phi) is 4.07. The molecule has 0 aliphatic heterocycles. The van der Waals surface area contributed by atoms with E-state index in [9.17, 15) is 10.2 Å². The summed E-state index contributed by atoms with van der Waals surface area (Å²) >= 11 is 0. The van der Waals surface area contributed by atoms with Crippen molar-refractivity contribution >= 4 is 0 Å². The molecule has 19 heavy (non-hydrogen) atoms. The molecule has 1 atom stereocenters. The summed E-state index contributed by atoms with van der Waals surface area (Å²) in [6.07, 6.45) is -0.570. The number of rotatable bonds is 4. The Morgan fingerprint density at radius 3 is 2.63 bits per heavy atom. The van der Waals surface area contributed by atoms with Gasteiger partial charge >= 0.3 is 0 Å². The summed E-state index contributed by atoms with van der Waals surface area (Å²) in [6.45, 7) is 4.05. The minimum absolute atomic E-state index is 0.223. The molecule has 3 nitrogen and oxygen atoms in total. The third-order valence-corrected chi connectivity index (χ3v) is 2.92. The number of phenols is 1. The third-order valence-electron chi connectivity index (χ3n) is 2.92. The van der Waals surface area contributed by atoms with E-state index < -0.39 is 6.10 Å². The molecule has 0 radical (unpaired) electrons. The Balaban J connectivity index is 2.17. The molecule has 3 heteroatoms. The number of benzene rings is 2. The molecular weight excluding hydrogens is 240 g/mol. The first kappa shape index (κ1) is 13.4. The largest absolute Gasteiger partial charge is 0.508 e. The van der Waals surface area contributed by atoms with Gasteiger partial charge < -0.3 is 14.9 Å². The van der Waals surface area contributed by atoms with Gasteiger partial charge in [0.15, 0.2) is 0 Å². The van der Waals surface area contributed by atoms with E-state index in [0.717, 1.165) is 16.7 Å². The monoisotopic (exact) mass is 258 g/mol. The van der Waals surface area contributed by atoms with Crippen molar-refractivity contribution in [3.8, 4) is 11.5 Å². The minimum atomic E-state index is -0.570. The fourth-order valence-electron chi connectivity index (χ4n) is 1.92. The van der Waals surface area contributed by atoms with Gasteiger partial charge in [0.2, 0.25) is 0 Å². The van der Waals surface area contributed by atoms with Gasteiger partial charge in [-0.15, -0.1) is 0 Å². The van der Waals surface area contributed by atoms with E-state index in [2.05, 4.69) is 0 Å². The van der Waals surface area contributed by atoms with Crippen molar-refractivity contribution in [1.29, 1.82) is 0 Å². The number of aliphatic hydroxyl groups excluding tert-OH is 1. The normalized spacial score (nSPS) is 12.2. The zero-order valence-corrected chi connectivity index (χ0v) is 11.1. The fourth-order valence-corrected chi connectivity index (χ4v) is 1.92. The number of ether oxygens (including phenoxy) is 1. The lowest BCUT2D eigenvalue weighted by Crippen LogP contribution is -2.01. The van der Waals surface area contributed by atoms with Crippen LogP contribution < -0.4 is 4.74 Å². The van der Waals surface area contributed by atoms with Gasteiger partial charge in [-0.1, -0.05) is 24.3 Å². The molecule has 0 saturated heterocycles. The molecular formula is C16H18O3. The summed E-state index contributed by atoms with van der Waals surface area (Å²) in [4.78, 5) is 0. The standard InChI is InChI=1S/C16H18O3/c1-11-6-7-15(12(2)17)16(8-11)19-10-13-4-3-5-14(18)9-13/h3-9,12,17-18H,10H2,1-2H3/t12-/m1/s1. The van der Waals surface area contributed by atoms with Gasteiger partial charge in [-0.3, -0.25) is 0 Å². The highest BCUT2D eigenvalue weighted by Gasteiger charge is 2.09. The van der Waals surface area contributed by atoms with E-state index in [-0.39, 0.29) is 5.75 Å². The number of aliphatic hydroxyl groups is 1. The molecule has 0 aliphatic carbocycles. The van der Waals surface area contributed by atoms with Crippen LogP contribution in [0.1, 0.15) is 29.7 Å². The maximum Gasteiger partial charge on any atom is 0.125 e. The molecule has 0 spiro atoms. The summed E-state index contributed by atoms with van der Waals surface area (Å²) in [5.41, 5.74) is 2.74. The number of aryl methyl sites for hydroxylation is 1. The van der Waals surface area contributed by atoms with Gasteiger partial charge in [0, 0.05) is 5.56 Å². The second-order valence-corrected chi connectivity index (χ2v) is 4.68. The second-order valence-electron chi connectivity index (χ2n) is 4.68. The van der Waals surface area contributed by atoms with Crippen LogP contribution in [-0.4, -0.2) is 10.2 Å². The van der Waals surface area contributed by atoms with Gasteiger partial charge in [-0.25, -0.2) is 0 Å². The number of phenolic OH excluding ortho intramolecular Hbond substituents is 1. The highest BCUT2D eigenvalue weighted by molar-refractivity contribution is 5.38. The molecule has 0 unspecified atom stereocenters. The predicted octanol–water partition coefficient (Wildman–Crippen LogP) is 3.33. The van der Waals surface area contributed by atoms with Crippen molar-refractivity contribution in [2.24, 2.45) is 0 Å². The zero-order valence-electron chi connectivity index (χ0n) is 11.1. The summed E-state index contributed by atoms with van der Waals surface area (Å²) in [6, 6.07) is 12.7. The molecule has 2 aromatic carbocycles. The van der Waals surface area contributed by atoms with Crippen LogP contribution in [-0.2, 0) is 6.61 Å². The average Bonchev–Trinajstić information content (AvgIpc) is 2.36. The SMILES string of the molecule is Cc1ccc([C@@H](C)O)c(OCc2cccc(O)c2)c1. The molecule has 2 aromatic rings. The van der Waals surface area contributed by atoms with Crippen molar-refractivity contribution in [3.63, 3.8) is 0 Å². The number of hydrogen-bond donors (Lipinski definition) is 2. The molecule has 0 aliphatic rings. The van der Waals surface area contributed by atoms with Gasteiger partial charge in [0.05, 0.1) is 6.10 Å². The molecule has 0 aromatic heterocycles. The first-order valence-electron chi connectivity index (χ1n) is 6.25. The summed E-state index contributed by atoms with van der Waals surface area (Å²) < 4.78 is 5.75. The highest BCUT2D eigenvalue weighted by Crippen LogP contribution is 2.27. The van der Waals surface area contributed by atoms with Gasteiger partial charge in [0.25, 0.3) is 0 Å². The van der Waals surface area contributed by atoms with E-state index in [1.54, 1.807) is 25.1 Å². The summed E-state index contributed by atoms with van der Waals surface area (Å²) in [5, 5.41) is 19.1. The van der Waals surface area contributed by atoms with Crippen molar-refractivity contribution in [2.75, 3.05) is 0 Å². The number of hydrogen-bond acceptors (Lipinski definition) is 3. The van der Waals surface area contributed by atoms with Crippen LogP contribution in [0, 0.1) is 6.92 Å². The Labute approximate surface area is 113 Å². The van der Waals surface area contributed by atoms with Crippen LogP contribution in [0.3, 0.4) is 0 Å². The fraction of sp³-hybridized carbons (Fsp3) is 0.250. The molecule has 0 amide bonds. The molecule has 100 valence electrons. The molecule has 2 rings (SSSR count). The van der Waals surface area contributed by atoms with Crippen LogP contribution >= 0.6 is 0 Å². The average molecular weight is 258 g/mol. The van der Waals surface area contributed by atoms with Crippen LogP contribution in [0.5, 0.6) is 11.5 Å². The Morgan fingerprint density at radius 1 is 1.16 bits per heavy atom. The first-order valence-corrected chi connectivity index (χ1v) is 6.25. The molecule has 0 saturated carbocycles. The van der Waals surface area contributed by atoms with Crippen molar-refractivity contribution in [1.82, 2.24) is 0 Å². The first-order chi connectivity index (χ1) is 9.06. The van der Waals surface area contributed by atoms with Crippen molar-refractivity contribution in [2.45, 2.75) is 26.6 Å². The van der Waals surface area contributed by atoms with Gasteiger partial charge in [0.1, 0.15) is 18.1 Å². The van der Waals surface area contributed by atoms with E-state index in [0.29, 0.717) is 12.4 Å². The lowest BCUT2D eigenvalue weighted by molar-refractivity contribution is 0.190. The lowest BCUT2D eigenvalue weighted by Gasteiger charge is -2.14. The van der Waals surface area contributed by atoms with Crippen LogP contribution in [0.25, 0.3) is 0 Å². The maximum atomic E-state index is 9.72. The topological polar surface area (TPSA) is 49.7 Å². The Hall–Kier alpha value is -2.00. The summed E-state index contributed by atoms with van der Waals surface area (Å²) in [7, 11) is 0. The third kappa shape index (κ3) is 3.48. The van der Waals surface area contributed by atoms with Crippen molar-refractivity contribution in [3.05, 3.63) is 59.2 Å². The van der Waals surface area contributed by atoms with E-state index >= 15 is 0 Å². The van der Waals surface area contributed by atoms with Crippen LogP contribution in [0.4, 0.5) is 0 Å². The van der Waals surface area contributed by atoms with Crippen molar-refractivity contribution < 1.29 is 14.9 Å². The Bertz CT molecular complexity index is 562. The molecule has 0 bridgehead atoms. The summed E-state index contributed by atoms with van der Waals surface area (Å²) in [5.74, 6) is 0.902. The van der Waals surface area contributed by atoms with E-state index in [1.807, 2.05) is 31.2 Å². The second kappa shape index (κ2) is 5.76. The molecule has 2 N–H and O–H groups in total. The predicted molar refractivity (Wildman–Crippen MR) is 74.3 cm³/mol. The van der Waals surface area contributed by atoms with E-state index in [1.165, 1.54) is 0 Å². The minimum Gasteiger partial charge on any atom is -0.508 e. The quantitative estimate of drug-likeness (QED) is 0.884. The highest BCUT2D eigenvalue weighted by atomic mass is 16.5. The van der Waals surface area contributed by atoms with Crippen LogP contribution in [0.2, 0.25) is 0 Å². The Morgan fingerprint density at radius 2 is 1.95 bits per heavy atom.